The minimum absolute atomic E-state index is 0.0111. The maximum absolute atomic E-state index is 6.11. The zero-order chi connectivity index (χ0) is 15.5. The molecular formula is C19H32O4. The molecule has 0 atom stereocenters. The molecule has 4 nitrogen and oxygen atoms in total. The van der Waals surface area contributed by atoms with Crippen LogP contribution in [0.5, 0.6) is 0 Å². The van der Waals surface area contributed by atoms with E-state index in [-0.39, 0.29) is 18.0 Å². The van der Waals surface area contributed by atoms with Gasteiger partial charge in [0.15, 0.2) is 12.6 Å². The molecule has 2 aliphatic heterocycles. The minimum Gasteiger partial charge on any atom is -0.352 e. The van der Waals surface area contributed by atoms with E-state index in [1.54, 1.807) is 0 Å². The smallest absolute Gasteiger partial charge is 0.160 e. The van der Waals surface area contributed by atoms with Crippen molar-refractivity contribution in [3.8, 4) is 0 Å². The van der Waals surface area contributed by atoms with E-state index in [9.17, 15) is 0 Å². The SMILES string of the molecule is C1CCC(C2OCC3(CO2)COC(C2CCCCC2)OC3)CC1. The minimum atomic E-state index is -0.0731. The van der Waals surface area contributed by atoms with E-state index in [4.69, 9.17) is 18.9 Å². The second kappa shape index (κ2) is 7.38. The molecule has 1 spiro atoms. The highest BCUT2D eigenvalue weighted by Crippen LogP contribution is 2.38. The average molecular weight is 324 g/mol. The van der Waals surface area contributed by atoms with E-state index in [1.807, 2.05) is 0 Å². The van der Waals surface area contributed by atoms with Gasteiger partial charge in [0.1, 0.15) is 0 Å². The lowest BCUT2D eigenvalue weighted by Crippen LogP contribution is -2.54. The van der Waals surface area contributed by atoms with E-state index in [0.29, 0.717) is 11.8 Å². The Kier molecular flexibility index (Phi) is 5.24. The van der Waals surface area contributed by atoms with Crippen LogP contribution in [0.3, 0.4) is 0 Å². The van der Waals surface area contributed by atoms with Crippen molar-refractivity contribution in [2.75, 3.05) is 26.4 Å². The van der Waals surface area contributed by atoms with Crippen molar-refractivity contribution in [2.45, 2.75) is 76.8 Å². The highest BCUT2D eigenvalue weighted by atomic mass is 16.7. The van der Waals surface area contributed by atoms with Crippen molar-refractivity contribution in [3.05, 3.63) is 0 Å². The van der Waals surface area contributed by atoms with Gasteiger partial charge in [0.05, 0.1) is 31.8 Å². The lowest BCUT2D eigenvalue weighted by molar-refractivity contribution is -0.321. The zero-order valence-electron chi connectivity index (χ0n) is 14.3. The summed E-state index contributed by atoms with van der Waals surface area (Å²) < 4.78 is 24.4. The number of ether oxygens (including phenoxy) is 4. The predicted molar refractivity (Wildman–Crippen MR) is 87.0 cm³/mol. The van der Waals surface area contributed by atoms with Gasteiger partial charge >= 0.3 is 0 Å². The van der Waals surface area contributed by atoms with Gasteiger partial charge in [-0.25, -0.2) is 0 Å². The normalized spacial score (nSPS) is 41.2. The molecule has 0 aromatic carbocycles. The first kappa shape index (κ1) is 16.3. The van der Waals surface area contributed by atoms with Crippen LogP contribution in [-0.4, -0.2) is 39.0 Å². The van der Waals surface area contributed by atoms with Crippen LogP contribution in [0.1, 0.15) is 64.2 Å². The van der Waals surface area contributed by atoms with Crippen molar-refractivity contribution in [1.82, 2.24) is 0 Å². The van der Waals surface area contributed by atoms with Crippen LogP contribution < -0.4 is 0 Å². The first-order valence-corrected chi connectivity index (χ1v) is 9.81. The van der Waals surface area contributed by atoms with Gasteiger partial charge in [-0.3, -0.25) is 0 Å². The Morgan fingerprint density at radius 3 is 1.17 bits per heavy atom. The van der Waals surface area contributed by atoms with E-state index >= 15 is 0 Å². The van der Waals surface area contributed by atoms with Gasteiger partial charge < -0.3 is 18.9 Å². The molecule has 23 heavy (non-hydrogen) atoms. The molecule has 0 amide bonds. The predicted octanol–water partition coefficient (Wildman–Crippen LogP) is 3.88. The maximum Gasteiger partial charge on any atom is 0.160 e. The van der Waals surface area contributed by atoms with Crippen LogP contribution in [0.15, 0.2) is 0 Å². The fourth-order valence-corrected chi connectivity index (χ4v) is 4.74. The van der Waals surface area contributed by atoms with Crippen LogP contribution in [0.4, 0.5) is 0 Å². The van der Waals surface area contributed by atoms with Gasteiger partial charge in [-0.15, -0.1) is 0 Å². The number of hydrogen-bond acceptors (Lipinski definition) is 4. The summed E-state index contributed by atoms with van der Waals surface area (Å²) in [5.41, 5.74) is -0.0731. The van der Waals surface area contributed by atoms with Crippen molar-refractivity contribution < 1.29 is 18.9 Å². The zero-order valence-corrected chi connectivity index (χ0v) is 14.3. The highest BCUT2D eigenvalue weighted by molar-refractivity contribution is 4.87. The quantitative estimate of drug-likeness (QED) is 0.772. The van der Waals surface area contributed by atoms with E-state index in [0.717, 1.165) is 26.4 Å². The molecule has 0 radical (unpaired) electrons. The summed E-state index contributed by atoms with van der Waals surface area (Å²) in [6, 6.07) is 0. The number of rotatable bonds is 2. The van der Waals surface area contributed by atoms with Crippen LogP contribution in [-0.2, 0) is 18.9 Å². The summed E-state index contributed by atoms with van der Waals surface area (Å²) >= 11 is 0. The van der Waals surface area contributed by atoms with Gasteiger partial charge in [-0.1, -0.05) is 38.5 Å². The molecule has 2 heterocycles. The molecule has 2 saturated carbocycles. The van der Waals surface area contributed by atoms with Gasteiger partial charge in [-0.05, 0) is 25.7 Å². The summed E-state index contributed by atoms with van der Waals surface area (Å²) in [6.07, 6.45) is 13.1. The van der Waals surface area contributed by atoms with Gasteiger partial charge in [0, 0.05) is 11.8 Å². The Balaban J connectivity index is 1.25. The topological polar surface area (TPSA) is 36.9 Å². The van der Waals surface area contributed by atoms with Crippen LogP contribution in [0.2, 0.25) is 0 Å². The van der Waals surface area contributed by atoms with Crippen molar-refractivity contribution >= 4 is 0 Å². The summed E-state index contributed by atoms with van der Waals surface area (Å²) in [4.78, 5) is 0. The molecule has 0 N–H and O–H groups in total. The Labute approximate surface area is 140 Å². The third kappa shape index (κ3) is 3.76. The molecule has 0 aromatic rings. The van der Waals surface area contributed by atoms with Crippen LogP contribution in [0.25, 0.3) is 0 Å². The first-order valence-electron chi connectivity index (χ1n) is 9.81. The Morgan fingerprint density at radius 1 is 0.478 bits per heavy atom. The van der Waals surface area contributed by atoms with Crippen molar-refractivity contribution in [3.63, 3.8) is 0 Å². The summed E-state index contributed by atoms with van der Waals surface area (Å²) in [6.45, 7) is 2.91. The van der Waals surface area contributed by atoms with E-state index in [2.05, 4.69) is 0 Å². The number of hydrogen-bond donors (Lipinski definition) is 0. The molecule has 0 unspecified atom stereocenters. The van der Waals surface area contributed by atoms with Crippen molar-refractivity contribution in [1.29, 1.82) is 0 Å². The first-order chi connectivity index (χ1) is 11.3. The summed E-state index contributed by atoms with van der Waals surface area (Å²) in [5, 5.41) is 0. The van der Waals surface area contributed by atoms with Gasteiger partial charge in [-0.2, -0.15) is 0 Å². The van der Waals surface area contributed by atoms with Gasteiger partial charge in [0.2, 0.25) is 0 Å². The van der Waals surface area contributed by atoms with Gasteiger partial charge in [0.25, 0.3) is 0 Å². The maximum atomic E-state index is 6.11. The Bertz CT molecular complexity index is 318. The Hall–Kier alpha value is -0.160. The molecular weight excluding hydrogens is 292 g/mol. The largest absolute Gasteiger partial charge is 0.352 e. The van der Waals surface area contributed by atoms with Crippen molar-refractivity contribution in [2.24, 2.45) is 17.3 Å². The lowest BCUT2D eigenvalue weighted by atomic mass is 9.85. The molecule has 4 fully saturated rings. The molecule has 0 bridgehead atoms. The Morgan fingerprint density at radius 2 is 0.826 bits per heavy atom. The fourth-order valence-electron chi connectivity index (χ4n) is 4.74. The monoisotopic (exact) mass is 324 g/mol. The molecule has 4 rings (SSSR count). The lowest BCUT2D eigenvalue weighted by Gasteiger charge is -2.46. The fraction of sp³-hybridized carbons (Fsp3) is 1.00. The molecule has 132 valence electrons. The standard InChI is InChI=1S/C19H32O4/c1-3-7-15(8-4-1)17-20-11-19(12-21-17)13-22-18(23-14-19)16-9-5-2-6-10-16/h15-18H,1-14H2. The average Bonchev–Trinajstić information content (AvgIpc) is 2.65. The second-order valence-electron chi connectivity index (χ2n) is 8.28. The molecule has 4 aliphatic rings. The highest BCUT2D eigenvalue weighted by Gasteiger charge is 2.44. The van der Waals surface area contributed by atoms with Crippen LogP contribution in [0, 0.1) is 17.3 Å². The summed E-state index contributed by atoms with van der Waals surface area (Å²) in [5.74, 6) is 1.20. The third-order valence-electron chi connectivity index (χ3n) is 6.28. The summed E-state index contributed by atoms with van der Waals surface area (Å²) in [7, 11) is 0. The van der Waals surface area contributed by atoms with E-state index < -0.39 is 0 Å². The third-order valence-corrected chi connectivity index (χ3v) is 6.28. The molecule has 2 aliphatic carbocycles. The molecule has 4 heteroatoms. The molecule has 2 saturated heterocycles. The van der Waals surface area contributed by atoms with Crippen LogP contribution >= 0.6 is 0 Å². The second-order valence-corrected chi connectivity index (χ2v) is 8.28. The van der Waals surface area contributed by atoms with E-state index in [1.165, 1.54) is 64.2 Å². The molecule has 0 aromatic heterocycles.